The van der Waals surface area contributed by atoms with Gasteiger partial charge in [0.25, 0.3) is 0 Å². The minimum Gasteiger partial charge on any atom is -0.479 e. The molecule has 0 aliphatic carbocycles. The molecule has 0 unspecified atom stereocenters. The molecule has 7 heteroatoms. The number of hydrogen-bond acceptors (Lipinski definition) is 4. The summed E-state index contributed by atoms with van der Waals surface area (Å²) < 4.78 is 5.55. The first-order chi connectivity index (χ1) is 20.4. The van der Waals surface area contributed by atoms with Gasteiger partial charge in [0.2, 0.25) is 11.8 Å². The van der Waals surface area contributed by atoms with Gasteiger partial charge in [0, 0.05) is 6.61 Å². The molecule has 4 atom stereocenters. The van der Waals surface area contributed by atoms with Gasteiger partial charge in [-0.15, -0.1) is 0 Å². The quantitative estimate of drug-likeness (QED) is 0.211. The van der Waals surface area contributed by atoms with Gasteiger partial charge in [-0.05, 0) is 54.9 Å². The molecule has 0 spiro atoms. The van der Waals surface area contributed by atoms with Crippen molar-refractivity contribution in [2.75, 3.05) is 6.61 Å². The van der Waals surface area contributed by atoms with Gasteiger partial charge < -0.3 is 20.5 Å². The summed E-state index contributed by atoms with van der Waals surface area (Å²) in [6.07, 6.45) is 2.42. The Morgan fingerprint density at radius 2 is 1.58 bits per heavy atom. The normalized spacial score (nSPS) is 14.5. The molecule has 0 radical (unpaired) electrons. The van der Waals surface area contributed by atoms with E-state index in [1.807, 2.05) is 113 Å². The number of hydrogen-bond donors (Lipinski definition) is 3. The lowest BCUT2D eigenvalue weighted by atomic mass is 9.85. The molecule has 0 bridgehead atoms. The molecule has 2 amide bonds. The zero-order chi connectivity index (χ0) is 31.6. The van der Waals surface area contributed by atoms with E-state index >= 15 is 0 Å². The molecular formula is C36H44N2O5. The van der Waals surface area contributed by atoms with Crippen LogP contribution in [0.2, 0.25) is 0 Å². The summed E-state index contributed by atoms with van der Waals surface area (Å²) in [5, 5.41) is 15.9. The van der Waals surface area contributed by atoms with Crippen LogP contribution >= 0.6 is 0 Å². The number of carboxylic acids is 1. The molecule has 0 aliphatic heterocycles. The molecule has 43 heavy (non-hydrogen) atoms. The van der Waals surface area contributed by atoms with Crippen LogP contribution in [0.15, 0.2) is 84.9 Å². The molecular weight excluding hydrogens is 540 g/mol. The SMILES string of the molecule is CCO[C@H](C(=O)O)[C@@H](CC=Cc1ccccc1-c1cccc(C)c1)C(=O)N[C@H](C(=O)N[C@H](C)c1ccccc1)C(C)(C)C. The van der Waals surface area contributed by atoms with Crippen molar-refractivity contribution in [3.63, 3.8) is 0 Å². The number of allylic oxidation sites excluding steroid dienone is 1. The smallest absolute Gasteiger partial charge is 0.333 e. The van der Waals surface area contributed by atoms with E-state index in [9.17, 15) is 19.5 Å². The number of aryl methyl sites for hydroxylation is 1. The standard InChI is InChI=1S/C36H44N2O5/c1-7-43-31(35(41)42)30(22-14-19-27-18-11-12-21-29(27)28-20-13-15-24(2)23-28)33(39)38-32(36(4,5)6)34(40)37-25(3)26-16-9-8-10-17-26/h8-21,23,25,30-32H,7,22H2,1-6H3,(H,37,40)(H,38,39)(H,41,42)/t25-,30-,31+,32-/m1/s1. The van der Waals surface area contributed by atoms with E-state index in [4.69, 9.17) is 4.74 Å². The van der Waals surface area contributed by atoms with E-state index in [1.165, 1.54) is 0 Å². The Morgan fingerprint density at radius 3 is 2.21 bits per heavy atom. The van der Waals surface area contributed by atoms with Gasteiger partial charge in [0.15, 0.2) is 6.10 Å². The van der Waals surface area contributed by atoms with Gasteiger partial charge in [-0.2, -0.15) is 0 Å². The highest BCUT2D eigenvalue weighted by molar-refractivity contribution is 5.92. The Hall–Kier alpha value is -4.23. The third kappa shape index (κ3) is 9.38. The first-order valence-electron chi connectivity index (χ1n) is 14.7. The fourth-order valence-corrected chi connectivity index (χ4v) is 5.01. The monoisotopic (exact) mass is 584 g/mol. The van der Waals surface area contributed by atoms with E-state index in [2.05, 4.69) is 16.7 Å². The van der Waals surface area contributed by atoms with E-state index in [-0.39, 0.29) is 25.0 Å². The van der Waals surface area contributed by atoms with Gasteiger partial charge in [0.05, 0.1) is 12.0 Å². The number of carbonyl (C=O) groups is 3. The molecule has 0 saturated heterocycles. The summed E-state index contributed by atoms with van der Waals surface area (Å²) in [6.45, 7) is 11.3. The zero-order valence-electron chi connectivity index (χ0n) is 26.0. The molecule has 3 rings (SSSR count). The topological polar surface area (TPSA) is 105 Å². The first-order valence-corrected chi connectivity index (χ1v) is 14.7. The fourth-order valence-electron chi connectivity index (χ4n) is 5.01. The van der Waals surface area contributed by atoms with Crippen LogP contribution in [0.4, 0.5) is 0 Å². The second-order valence-corrected chi connectivity index (χ2v) is 11.9. The van der Waals surface area contributed by atoms with E-state index < -0.39 is 35.4 Å². The van der Waals surface area contributed by atoms with Gasteiger partial charge in [-0.25, -0.2) is 4.79 Å². The second-order valence-electron chi connectivity index (χ2n) is 11.9. The number of benzene rings is 3. The van der Waals surface area contributed by atoms with Crippen LogP contribution in [0.1, 0.15) is 63.8 Å². The zero-order valence-corrected chi connectivity index (χ0v) is 26.0. The minimum absolute atomic E-state index is 0.101. The maximum Gasteiger partial charge on any atom is 0.333 e. The van der Waals surface area contributed by atoms with Crippen molar-refractivity contribution in [2.45, 2.75) is 66.2 Å². The Bertz CT molecular complexity index is 1410. The number of nitrogens with one attached hydrogen (secondary N) is 2. The third-order valence-electron chi connectivity index (χ3n) is 7.34. The predicted octanol–water partition coefficient (Wildman–Crippen LogP) is 6.58. The Balaban J connectivity index is 1.86. The average Bonchev–Trinajstić information content (AvgIpc) is 2.97. The molecule has 3 N–H and O–H groups in total. The van der Waals surface area contributed by atoms with E-state index in [0.717, 1.165) is 27.8 Å². The van der Waals surface area contributed by atoms with Crippen molar-refractivity contribution >= 4 is 23.9 Å². The van der Waals surface area contributed by atoms with Crippen LogP contribution in [0.25, 0.3) is 17.2 Å². The Labute approximate surface area is 255 Å². The molecule has 7 nitrogen and oxygen atoms in total. The van der Waals surface area contributed by atoms with Gasteiger partial charge in [0.1, 0.15) is 6.04 Å². The number of amides is 2. The van der Waals surface area contributed by atoms with E-state index in [1.54, 1.807) is 13.0 Å². The summed E-state index contributed by atoms with van der Waals surface area (Å²) in [6, 6.07) is 24.5. The molecule has 0 saturated carbocycles. The molecule has 0 fully saturated rings. The Morgan fingerprint density at radius 1 is 0.907 bits per heavy atom. The summed E-state index contributed by atoms with van der Waals surface area (Å²) in [5.74, 6) is -3.20. The number of rotatable bonds is 13. The number of aliphatic carboxylic acids is 1. The highest BCUT2D eigenvalue weighted by Crippen LogP contribution is 2.27. The van der Waals surface area contributed by atoms with Crippen molar-refractivity contribution in [3.05, 3.63) is 102 Å². The molecule has 228 valence electrons. The maximum atomic E-state index is 13.8. The summed E-state index contributed by atoms with van der Waals surface area (Å²) >= 11 is 0. The van der Waals surface area contributed by atoms with Crippen molar-refractivity contribution in [3.8, 4) is 11.1 Å². The highest BCUT2D eigenvalue weighted by atomic mass is 16.5. The lowest BCUT2D eigenvalue weighted by molar-refractivity contribution is -0.158. The second kappa shape index (κ2) is 15.3. The van der Waals surface area contributed by atoms with Crippen LogP contribution in [-0.2, 0) is 19.1 Å². The van der Waals surface area contributed by atoms with Crippen molar-refractivity contribution in [2.24, 2.45) is 11.3 Å². The number of carboxylic acid groups (broad SMARTS) is 1. The summed E-state index contributed by atoms with van der Waals surface area (Å²) in [7, 11) is 0. The average molecular weight is 585 g/mol. The number of ether oxygens (including phenoxy) is 1. The Kier molecular flexibility index (Phi) is 11.8. The van der Waals surface area contributed by atoms with E-state index in [0.29, 0.717) is 0 Å². The van der Waals surface area contributed by atoms with Crippen LogP contribution in [-0.4, -0.2) is 41.6 Å². The van der Waals surface area contributed by atoms with Crippen LogP contribution < -0.4 is 10.6 Å². The van der Waals surface area contributed by atoms with Crippen molar-refractivity contribution in [1.29, 1.82) is 0 Å². The van der Waals surface area contributed by atoms with Gasteiger partial charge in [-0.1, -0.05) is 117 Å². The van der Waals surface area contributed by atoms with Crippen molar-refractivity contribution < 1.29 is 24.2 Å². The van der Waals surface area contributed by atoms with Crippen molar-refractivity contribution in [1.82, 2.24) is 10.6 Å². The summed E-state index contributed by atoms with van der Waals surface area (Å²) in [5.41, 5.74) is 4.47. The lowest BCUT2D eigenvalue weighted by Gasteiger charge is -2.33. The third-order valence-corrected chi connectivity index (χ3v) is 7.34. The molecule has 0 heterocycles. The predicted molar refractivity (Wildman–Crippen MR) is 171 cm³/mol. The van der Waals surface area contributed by atoms with Gasteiger partial charge in [-0.3, -0.25) is 9.59 Å². The highest BCUT2D eigenvalue weighted by Gasteiger charge is 2.39. The summed E-state index contributed by atoms with van der Waals surface area (Å²) in [4.78, 5) is 39.5. The van der Waals surface area contributed by atoms with Crippen LogP contribution in [0.5, 0.6) is 0 Å². The maximum absolute atomic E-state index is 13.8. The fraction of sp³-hybridized carbons (Fsp3) is 0.361. The lowest BCUT2D eigenvalue weighted by Crippen LogP contribution is -2.56. The molecule has 0 aromatic heterocycles. The minimum atomic E-state index is -1.38. The van der Waals surface area contributed by atoms with Crippen LogP contribution in [0, 0.1) is 18.3 Å². The molecule has 3 aromatic rings. The first kappa shape index (κ1) is 33.3. The van der Waals surface area contributed by atoms with Gasteiger partial charge >= 0.3 is 5.97 Å². The molecule has 0 aliphatic rings. The largest absolute Gasteiger partial charge is 0.479 e. The number of carbonyl (C=O) groups excluding carboxylic acids is 2. The van der Waals surface area contributed by atoms with Crippen LogP contribution in [0.3, 0.4) is 0 Å². The molecule has 3 aromatic carbocycles.